The molecule has 2 aliphatic heterocycles. The van der Waals surface area contributed by atoms with Crippen molar-refractivity contribution in [1.82, 2.24) is 9.80 Å². The van der Waals surface area contributed by atoms with Crippen molar-refractivity contribution in [2.45, 2.75) is 18.9 Å². The van der Waals surface area contributed by atoms with E-state index in [0.717, 1.165) is 32.5 Å². The van der Waals surface area contributed by atoms with Gasteiger partial charge in [-0.3, -0.25) is 4.79 Å². The Morgan fingerprint density at radius 3 is 2.58 bits per heavy atom. The molecule has 2 N–H and O–H groups in total. The predicted octanol–water partition coefficient (Wildman–Crippen LogP) is 1.24. The van der Waals surface area contributed by atoms with Crippen molar-refractivity contribution in [1.29, 1.82) is 0 Å². The van der Waals surface area contributed by atoms with Crippen molar-refractivity contribution in [3.63, 3.8) is 0 Å². The van der Waals surface area contributed by atoms with E-state index in [-0.39, 0.29) is 37.1 Å². The van der Waals surface area contributed by atoms with Crippen LogP contribution in [0.1, 0.15) is 12.8 Å². The van der Waals surface area contributed by atoms with Crippen molar-refractivity contribution in [2.24, 2.45) is 11.8 Å². The van der Waals surface area contributed by atoms with Gasteiger partial charge in [0.05, 0.1) is 11.1 Å². The summed E-state index contributed by atoms with van der Waals surface area (Å²) in [4.78, 5) is 16.6. The summed E-state index contributed by atoms with van der Waals surface area (Å²) in [5.74, 6) is 0.759. The molecule has 0 unspecified atom stereocenters. The number of carbonyl (C=O) groups is 1. The average molecular weight is 383 g/mol. The number of hydrogen-bond acceptors (Lipinski definition) is 5. The number of amides is 1. The second-order valence-corrected chi connectivity index (χ2v) is 7.66. The van der Waals surface area contributed by atoms with Crippen LogP contribution < -0.4 is 4.74 Å². The van der Waals surface area contributed by atoms with Crippen molar-refractivity contribution in [3.05, 3.63) is 29.3 Å². The van der Waals surface area contributed by atoms with Gasteiger partial charge in [-0.15, -0.1) is 0 Å². The molecule has 2 aliphatic rings. The van der Waals surface area contributed by atoms with Crippen LogP contribution in [-0.4, -0.2) is 78.0 Å². The van der Waals surface area contributed by atoms with E-state index in [1.807, 2.05) is 12.1 Å². The Morgan fingerprint density at radius 2 is 1.88 bits per heavy atom. The number of piperidine rings is 1. The lowest BCUT2D eigenvalue weighted by Crippen LogP contribution is -2.41. The molecule has 1 amide bonds. The van der Waals surface area contributed by atoms with Crippen LogP contribution in [0.4, 0.5) is 0 Å². The van der Waals surface area contributed by atoms with Crippen LogP contribution in [0.2, 0.25) is 5.02 Å². The van der Waals surface area contributed by atoms with E-state index in [1.165, 1.54) is 0 Å². The van der Waals surface area contributed by atoms with Gasteiger partial charge in [-0.25, -0.2) is 0 Å². The highest BCUT2D eigenvalue weighted by atomic mass is 35.5. The van der Waals surface area contributed by atoms with Crippen LogP contribution in [0.5, 0.6) is 5.75 Å². The second-order valence-electron chi connectivity index (χ2n) is 7.25. The molecule has 3 rings (SSSR count). The summed E-state index contributed by atoms with van der Waals surface area (Å²) in [5, 5.41) is 19.8. The lowest BCUT2D eigenvalue weighted by Gasteiger charge is -2.32. The summed E-state index contributed by atoms with van der Waals surface area (Å²) in [7, 11) is 0. The molecular formula is C19H27ClN2O4. The Morgan fingerprint density at radius 1 is 1.19 bits per heavy atom. The fraction of sp³-hybridized carbons (Fsp3) is 0.632. The van der Waals surface area contributed by atoms with Crippen molar-refractivity contribution >= 4 is 17.5 Å². The molecule has 0 aromatic heterocycles. The van der Waals surface area contributed by atoms with Gasteiger partial charge in [0.2, 0.25) is 0 Å². The third-order valence-electron chi connectivity index (χ3n) is 5.40. The van der Waals surface area contributed by atoms with E-state index in [2.05, 4.69) is 4.90 Å². The predicted molar refractivity (Wildman–Crippen MR) is 99.3 cm³/mol. The van der Waals surface area contributed by atoms with Crippen molar-refractivity contribution in [2.75, 3.05) is 45.9 Å². The fourth-order valence-electron chi connectivity index (χ4n) is 3.78. The van der Waals surface area contributed by atoms with E-state index >= 15 is 0 Å². The second kappa shape index (κ2) is 9.04. The SMILES string of the molecule is O=C(COc1ccccc1Cl)N1C[C@@H](CN2CCC(O)CC2)[C@@H](CO)C1. The Bertz CT molecular complexity index is 607. The lowest BCUT2D eigenvalue weighted by atomic mass is 9.95. The van der Waals surface area contributed by atoms with E-state index in [1.54, 1.807) is 17.0 Å². The van der Waals surface area contributed by atoms with Gasteiger partial charge in [0.1, 0.15) is 5.75 Å². The fourth-order valence-corrected chi connectivity index (χ4v) is 3.97. The molecule has 26 heavy (non-hydrogen) atoms. The zero-order valence-electron chi connectivity index (χ0n) is 14.9. The molecule has 0 spiro atoms. The quantitative estimate of drug-likeness (QED) is 0.774. The first kappa shape index (κ1) is 19.4. The monoisotopic (exact) mass is 382 g/mol. The topological polar surface area (TPSA) is 73.2 Å². The number of aliphatic hydroxyl groups is 2. The number of para-hydroxylation sites is 1. The minimum Gasteiger partial charge on any atom is -0.482 e. The number of nitrogens with zero attached hydrogens (tertiary/aromatic N) is 2. The molecule has 0 aliphatic carbocycles. The molecule has 0 saturated carbocycles. The number of benzene rings is 1. The summed E-state index contributed by atoms with van der Waals surface area (Å²) in [6.07, 6.45) is 1.40. The first-order chi connectivity index (χ1) is 12.6. The van der Waals surface area contributed by atoms with Gasteiger partial charge in [0, 0.05) is 45.2 Å². The van der Waals surface area contributed by atoms with E-state index in [4.69, 9.17) is 16.3 Å². The Balaban J connectivity index is 1.51. The highest BCUT2D eigenvalue weighted by molar-refractivity contribution is 6.32. The van der Waals surface area contributed by atoms with Crippen LogP contribution in [0.15, 0.2) is 24.3 Å². The maximum absolute atomic E-state index is 12.5. The minimum atomic E-state index is -0.191. The van der Waals surface area contributed by atoms with Crippen LogP contribution >= 0.6 is 11.6 Å². The number of rotatable bonds is 6. The number of aliphatic hydroxyl groups excluding tert-OH is 2. The number of likely N-dealkylation sites (tertiary alicyclic amines) is 2. The normalized spacial score (nSPS) is 24.8. The summed E-state index contributed by atoms with van der Waals surface area (Å²) >= 11 is 6.05. The molecule has 144 valence electrons. The van der Waals surface area contributed by atoms with E-state index < -0.39 is 0 Å². The molecule has 6 nitrogen and oxygen atoms in total. The maximum Gasteiger partial charge on any atom is 0.260 e. The van der Waals surface area contributed by atoms with Crippen molar-refractivity contribution in [3.8, 4) is 5.75 Å². The number of carbonyl (C=O) groups excluding carboxylic acids is 1. The standard InChI is InChI=1S/C19H27ClN2O4/c20-17-3-1-2-4-18(17)26-13-19(25)22-10-14(15(11-22)12-23)9-21-7-5-16(24)6-8-21/h1-4,14-16,23-24H,5-13H2/t14-,15-/m1/s1. The molecule has 0 radical (unpaired) electrons. The molecule has 7 heteroatoms. The molecule has 1 aromatic rings. The highest BCUT2D eigenvalue weighted by Gasteiger charge is 2.36. The van der Waals surface area contributed by atoms with E-state index in [9.17, 15) is 15.0 Å². The van der Waals surface area contributed by atoms with Gasteiger partial charge < -0.3 is 24.7 Å². The molecule has 2 fully saturated rings. The lowest BCUT2D eigenvalue weighted by molar-refractivity contribution is -0.132. The zero-order valence-corrected chi connectivity index (χ0v) is 15.6. The Kier molecular flexibility index (Phi) is 6.75. The molecule has 0 bridgehead atoms. The smallest absolute Gasteiger partial charge is 0.260 e. The Hall–Kier alpha value is -1.34. The van der Waals surface area contributed by atoms with Gasteiger partial charge >= 0.3 is 0 Å². The molecule has 2 atom stereocenters. The largest absolute Gasteiger partial charge is 0.482 e. The third-order valence-corrected chi connectivity index (χ3v) is 5.71. The highest BCUT2D eigenvalue weighted by Crippen LogP contribution is 2.27. The number of ether oxygens (including phenoxy) is 1. The molecule has 2 heterocycles. The van der Waals surface area contributed by atoms with Crippen LogP contribution in [-0.2, 0) is 4.79 Å². The van der Waals surface area contributed by atoms with Gasteiger partial charge in [-0.1, -0.05) is 23.7 Å². The van der Waals surface area contributed by atoms with Crippen LogP contribution in [0.25, 0.3) is 0 Å². The summed E-state index contributed by atoms with van der Waals surface area (Å²) in [6.45, 7) is 3.82. The van der Waals surface area contributed by atoms with Gasteiger partial charge in [-0.05, 0) is 30.9 Å². The summed E-state index contributed by atoms with van der Waals surface area (Å²) < 4.78 is 5.55. The van der Waals surface area contributed by atoms with Gasteiger partial charge in [-0.2, -0.15) is 0 Å². The summed E-state index contributed by atoms with van der Waals surface area (Å²) in [5.41, 5.74) is 0. The van der Waals surface area contributed by atoms with Crippen LogP contribution in [0, 0.1) is 11.8 Å². The minimum absolute atomic E-state index is 0.0511. The van der Waals surface area contributed by atoms with Gasteiger partial charge in [0.15, 0.2) is 6.61 Å². The molecule has 1 aromatic carbocycles. The third kappa shape index (κ3) is 4.88. The number of halogens is 1. The maximum atomic E-state index is 12.5. The molecule has 2 saturated heterocycles. The first-order valence-electron chi connectivity index (χ1n) is 9.23. The molecular weight excluding hydrogens is 356 g/mol. The summed E-state index contributed by atoms with van der Waals surface area (Å²) in [6, 6.07) is 7.09. The average Bonchev–Trinajstić information content (AvgIpc) is 3.05. The van der Waals surface area contributed by atoms with Gasteiger partial charge in [0.25, 0.3) is 5.91 Å². The zero-order chi connectivity index (χ0) is 18.5. The number of hydrogen-bond donors (Lipinski definition) is 2. The van der Waals surface area contributed by atoms with E-state index in [0.29, 0.717) is 23.9 Å². The van der Waals surface area contributed by atoms with Crippen molar-refractivity contribution < 1.29 is 19.7 Å². The Labute approximate surface area is 159 Å². The first-order valence-corrected chi connectivity index (χ1v) is 9.61. The van der Waals surface area contributed by atoms with Crippen LogP contribution in [0.3, 0.4) is 0 Å².